The lowest BCUT2D eigenvalue weighted by atomic mass is 9.96. The molecular formula is C22H19NO6. The molecule has 148 valence electrons. The molecule has 1 atom stereocenters. The molecule has 0 spiro atoms. The molecule has 0 aliphatic heterocycles. The maximum Gasteiger partial charge on any atom is 0.508 e. The van der Waals surface area contributed by atoms with Crippen LogP contribution >= 0.6 is 0 Å². The van der Waals surface area contributed by atoms with Crippen LogP contribution in [-0.2, 0) is 16.1 Å². The van der Waals surface area contributed by atoms with Crippen LogP contribution in [0.2, 0.25) is 0 Å². The molecule has 0 radical (unpaired) electrons. The minimum absolute atomic E-state index is 0.0804. The van der Waals surface area contributed by atoms with Crippen LogP contribution in [0.15, 0.2) is 72.8 Å². The SMILES string of the molecule is COC(=O)OC(c1ccccc1)c1ccc(-c2ccc(CO)cc2)cc1[N+](=O)[O-]. The zero-order valence-corrected chi connectivity index (χ0v) is 15.6. The Morgan fingerprint density at radius 3 is 2.28 bits per heavy atom. The molecular weight excluding hydrogens is 374 g/mol. The van der Waals surface area contributed by atoms with E-state index < -0.39 is 17.2 Å². The Labute approximate surface area is 167 Å². The summed E-state index contributed by atoms with van der Waals surface area (Å²) >= 11 is 0. The quantitative estimate of drug-likeness (QED) is 0.372. The van der Waals surface area contributed by atoms with Crippen LogP contribution in [0.5, 0.6) is 0 Å². The van der Waals surface area contributed by atoms with E-state index in [-0.39, 0.29) is 17.9 Å². The van der Waals surface area contributed by atoms with Gasteiger partial charge < -0.3 is 14.6 Å². The number of hydrogen-bond donors (Lipinski definition) is 1. The molecule has 0 amide bonds. The van der Waals surface area contributed by atoms with Gasteiger partial charge in [0.2, 0.25) is 0 Å². The molecule has 1 N–H and O–H groups in total. The van der Waals surface area contributed by atoms with E-state index in [4.69, 9.17) is 4.74 Å². The maximum absolute atomic E-state index is 11.8. The zero-order valence-electron chi connectivity index (χ0n) is 15.6. The molecule has 0 saturated carbocycles. The molecule has 7 nitrogen and oxygen atoms in total. The summed E-state index contributed by atoms with van der Waals surface area (Å²) in [6.07, 6.45) is -1.92. The van der Waals surface area contributed by atoms with Crippen molar-refractivity contribution in [2.45, 2.75) is 12.7 Å². The number of nitro benzene ring substituents is 1. The summed E-state index contributed by atoms with van der Waals surface area (Å²) in [5.41, 5.74) is 2.79. The first-order valence-corrected chi connectivity index (χ1v) is 8.81. The van der Waals surface area contributed by atoms with Crippen LogP contribution in [0.25, 0.3) is 11.1 Å². The van der Waals surface area contributed by atoms with Gasteiger partial charge in [0, 0.05) is 6.07 Å². The van der Waals surface area contributed by atoms with Gasteiger partial charge in [0.15, 0.2) is 6.10 Å². The molecule has 0 aliphatic rings. The number of aliphatic hydroxyl groups excluding tert-OH is 1. The Morgan fingerprint density at radius 2 is 1.69 bits per heavy atom. The van der Waals surface area contributed by atoms with E-state index in [1.807, 2.05) is 0 Å². The molecule has 0 aromatic heterocycles. The maximum atomic E-state index is 11.8. The van der Waals surface area contributed by atoms with Crippen molar-refractivity contribution in [1.29, 1.82) is 0 Å². The Morgan fingerprint density at radius 1 is 1.03 bits per heavy atom. The van der Waals surface area contributed by atoms with Gasteiger partial charge in [-0.3, -0.25) is 10.1 Å². The largest absolute Gasteiger partial charge is 0.508 e. The lowest BCUT2D eigenvalue weighted by Gasteiger charge is -2.18. The van der Waals surface area contributed by atoms with Gasteiger partial charge in [-0.15, -0.1) is 0 Å². The summed E-state index contributed by atoms with van der Waals surface area (Å²) in [4.78, 5) is 23.1. The number of carbonyl (C=O) groups is 1. The van der Waals surface area contributed by atoms with Gasteiger partial charge in [-0.1, -0.05) is 60.7 Å². The van der Waals surface area contributed by atoms with E-state index >= 15 is 0 Å². The lowest BCUT2D eigenvalue weighted by Crippen LogP contribution is -2.14. The normalized spacial score (nSPS) is 11.5. The Kier molecular flexibility index (Phi) is 6.21. The van der Waals surface area contributed by atoms with Crippen molar-refractivity contribution < 1.29 is 24.3 Å². The molecule has 3 aromatic rings. The van der Waals surface area contributed by atoms with Gasteiger partial charge in [-0.2, -0.15) is 0 Å². The number of methoxy groups -OCH3 is 1. The standard InChI is InChI=1S/C22H19NO6/c1-28-22(25)29-21(17-5-3-2-4-6-17)19-12-11-18(13-20(19)23(26)27)16-9-7-15(14-24)8-10-16/h2-13,21,24H,14H2,1H3. The highest BCUT2D eigenvalue weighted by molar-refractivity contribution is 5.69. The van der Waals surface area contributed by atoms with E-state index in [9.17, 15) is 20.0 Å². The van der Waals surface area contributed by atoms with Crippen LogP contribution < -0.4 is 0 Å². The minimum atomic E-state index is -0.991. The average molecular weight is 393 g/mol. The number of aliphatic hydroxyl groups is 1. The monoisotopic (exact) mass is 393 g/mol. The summed E-state index contributed by atoms with van der Waals surface area (Å²) < 4.78 is 9.93. The zero-order chi connectivity index (χ0) is 20.8. The summed E-state index contributed by atoms with van der Waals surface area (Å²) in [5, 5.41) is 21.0. The van der Waals surface area contributed by atoms with Crippen LogP contribution in [-0.4, -0.2) is 23.3 Å². The van der Waals surface area contributed by atoms with Crippen LogP contribution in [0.1, 0.15) is 22.8 Å². The van der Waals surface area contributed by atoms with Crippen molar-refractivity contribution in [2.24, 2.45) is 0 Å². The molecule has 0 saturated heterocycles. The number of benzene rings is 3. The summed E-state index contributed by atoms with van der Waals surface area (Å²) in [6.45, 7) is -0.0804. The first-order valence-electron chi connectivity index (χ1n) is 8.81. The van der Waals surface area contributed by atoms with Gasteiger partial charge in [0.1, 0.15) is 0 Å². The molecule has 7 heteroatoms. The molecule has 0 heterocycles. The smallest absolute Gasteiger partial charge is 0.438 e. The number of nitrogens with zero attached hydrogens (tertiary/aromatic N) is 1. The third kappa shape index (κ3) is 4.59. The highest BCUT2D eigenvalue weighted by atomic mass is 16.7. The highest BCUT2D eigenvalue weighted by Crippen LogP contribution is 2.36. The van der Waals surface area contributed by atoms with Crippen LogP contribution in [0, 0.1) is 10.1 Å². The predicted octanol–water partition coefficient (Wildman–Crippen LogP) is 4.63. The average Bonchev–Trinajstić information content (AvgIpc) is 2.77. The number of rotatable bonds is 6. The van der Waals surface area contributed by atoms with E-state index in [1.54, 1.807) is 66.7 Å². The first kappa shape index (κ1) is 20.0. The highest BCUT2D eigenvalue weighted by Gasteiger charge is 2.28. The van der Waals surface area contributed by atoms with Crippen molar-refractivity contribution in [2.75, 3.05) is 7.11 Å². The lowest BCUT2D eigenvalue weighted by molar-refractivity contribution is -0.386. The Bertz CT molecular complexity index is 1000. The second-order valence-corrected chi connectivity index (χ2v) is 6.25. The second-order valence-electron chi connectivity index (χ2n) is 6.25. The molecule has 0 fully saturated rings. The van der Waals surface area contributed by atoms with Gasteiger partial charge in [0.25, 0.3) is 5.69 Å². The number of ether oxygens (including phenoxy) is 2. The summed E-state index contributed by atoms with van der Waals surface area (Å²) in [7, 11) is 1.18. The predicted molar refractivity (Wildman–Crippen MR) is 106 cm³/mol. The van der Waals surface area contributed by atoms with Crippen molar-refractivity contribution in [1.82, 2.24) is 0 Å². The summed E-state index contributed by atoms with van der Waals surface area (Å²) in [5.74, 6) is 0. The minimum Gasteiger partial charge on any atom is -0.438 e. The van der Waals surface area contributed by atoms with E-state index in [0.29, 0.717) is 11.1 Å². The number of hydrogen-bond acceptors (Lipinski definition) is 6. The Balaban J connectivity index is 2.08. The topological polar surface area (TPSA) is 98.9 Å². The molecule has 0 aliphatic carbocycles. The van der Waals surface area contributed by atoms with E-state index in [2.05, 4.69) is 4.74 Å². The molecule has 3 aromatic carbocycles. The van der Waals surface area contributed by atoms with Crippen molar-refractivity contribution in [3.8, 4) is 11.1 Å². The van der Waals surface area contributed by atoms with Crippen LogP contribution in [0.4, 0.5) is 10.5 Å². The van der Waals surface area contributed by atoms with Gasteiger partial charge in [0.05, 0.1) is 24.2 Å². The molecule has 3 rings (SSSR count). The number of nitro groups is 1. The van der Waals surface area contributed by atoms with E-state index in [1.165, 1.54) is 13.2 Å². The fourth-order valence-electron chi connectivity index (χ4n) is 2.99. The fourth-order valence-corrected chi connectivity index (χ4v) is 2.99. The van der Waals surface area contributed by atoms with E-state index in [0.717, 1.165) is 11.1 Å². The van der Waals surface area contributed by atoms with Crippen LogP contribution in [0.3, 0.4) is 0 Å². The number of carbonyl (C=O) groups excluding carboxylic acids is 1. The summed E-state index contributed by atoms with van der Waals surface area (Å²) in [6, 6.07) is 20.6. The van der Waals surface area contributed by atoms with Gasteiger partial charge >= 0.3 is 6.16 Å². The molecule has 0 bridgehead atoms. The Hall–Kier alpha value is -3.71. The van der Waals surface area contributed by atoms with Crippen molar-refractivity contribution >= 4 is 11.8 Å². The first-order chi connectivity index (χ1) is 14.0. The van der Waals surface area contributed by atoms with Gasteiger partial charge in [-0.05, 0) is 28.3 Å². The van der Waals surface area contributed by atoms with Crippen molar-refractivity contribution in [3.63, 3.8) is 0 Å². The third-order valence-corrected chi connectivity index (χ3v) is 4.46. The molecule has 1 unspecified atom stereocenters. The fraction of sp³-hybridized carbons (Fsp3) is 0.136. The van der Waals surface area contributed by atoms with Crippen molar-refractivity contribution in [3.05, 3.63) is 99.6 Å². The third-order valence-electron chi connectivity index (χ3n) is 4.46. The van der Waals surface area contributed by atoms with Gasteiger partial charge in [-0.25, -0.2) is 4.79 Å². The molecule has 29 heavy (non-hydrogen) atoms. The second kappa shape index (κ2) is 8.99.